The van der Waals surface area contributed by atoms with Gasteiger partial charge in [0.25, 0.3) is 5.91 Å². The van der Waals surface area contributed by atoms with Crippen molar-refractivity contribution in [2.45, 2.75) is 13.8 Å². The van der Waals surface area contributed by atoms with Crippen molar-refractivity contribution in [3.8, 4) is 5.69 Å². The molecule has 5 nitrogen and oxygen atoms in total. The molecular weight excluding hydrogens is 312 g/mol. The Morgan fingerprint density at radius 1 is 1.00 bits per heavy atom. The van der Waals surface area contributed by atoms with Crippen molar-refractivity contribution in [2.75, 3.05) is 5.32 Å². The molecule has 0 aliphatic heterocycles. The van der Waals surface area contributed by atoms with Crippen molar-refractivity contribution in [3.05, 3.63) is 77.7 Å². The maximum atomic E-state index is 12.5. The molecule has 25 heavy (non-hydrogen) atoms. The Morgan fingerprint density at radius 2 is 1.72 bits per heavy atom. The number of fused-ring (bicyclic) bond motifs is 1. The molecule has 124 valence electrons. The molecule has 1 amide bonds. The van der Waals surface area contributed by atoms with Gasteiger partial charge in [-0.15, -0.1) is 0 Å². The van der Waals surface area contributed by atoms with E-state index in [4.69, 9.17) is 0 Å². The lowest BCUT2D eigenvalue weighted by molar-refractivity contribution is 0.102. The summed E-state index contributed by atoms with van der Waals surface area (Å²) in [4.78, 5) is 12.5. The fourth-order valence-electron chi connectivity index (χ4n) is 3.06. The number of hydrogen-bond donors (Lipinski definition) is 2. The van der Waals surface area contributed by atoms with Crippen molar-refractivity contribution < 1.29 is 4.79 Å². The van der Waals surface area contributed by atoms with E-state index in [0.29, 0.717) is 5.56 Å². The third kappa shape index (κ3) is 2.80. The molecule has 0 radical (unpaired) electrons. The zero-order chi connectivity index (χ0) is 17.4. The fourth-order valence-corrected chi connectivity index (χ4v) is 3.06. The lowest BCUT2D eigenvalue weighted by Crippen LogP contribution is -2.12. The number of carbonyl (C=O) groups excluding carboxylic acids is 1. The molecule has 0 bridgehead atoms. The van der Waals surface area contributed by atoms with Crippen molar-refractivity contribution in [1.82, 2.24) is 14.8 Å². The minimum atomic E-state index is -0.129. The van der Waals surface area contributed by atoms with E-state index >= 15 is 0 Å². The molecule has 0 atom stereocenters. The van der Waals surface area contributed by atoms with E-state index in [-0.39, 0.29) is 5.91 Å². The molecule has 2 heterocycles. The number of aromatic amines is 1. The van der Waals surface area contributed by atoms with Gasteiger partial charge in [0.2, 0.25) is 0 Å². The van der Waals surface area contributed by atoms with E-state index in [1.54, 1.807) is 6.20 Å². The van der Waals surface area contributed by atoms with Crippen LogP contribution >= 0.6 is 0 Å². The molecule has 5 heteroatoms. The predicted octanol–water partition coefficient (Wildman–Crippen LogP) is 4.22. The van der Waals surface area contributed by atoms with E-state index in [1.165, 1.54) is 11.4 Å². The maximum Gasteiger partial charge on any atom is 0.255 e. The first-order valence-corrected chi connectivity index (χ1v) is 8.12. The molecule has 0 saturated carbocycles. The van der Waals surface area contributed by atoms with E-state index in [0.717, 1.165) is 22.3 Å². The van der Waals surface area contributed by atoms with Gasteiger partial charge in [-0.2, -0.15) is 5.10 Å². The van der Waals surface area contributed by atoms with Gasteiger partial charge >= 0.3 is 0 Å². The van der Waals surface area contributed by atoms with Crippen molar-refractivity contribution in [1.29, 1.82) is 0 Å². The van der Waals surface area contributed by atoms with Gasteiger partial charge in [0.05, 0.1) is 11.7 Å². The molecular formula is C20H18N4O. The molecule has 4 aromatic rings. The van der Waals surface area contributed by atoms with Crippen LogP contribution in [0.2, 0.25) is 0 Å². The quantitative estimate of drug-likeness (QED) is 0.591. The SMILES string of the molecule is Cc1ccc(C)n1-c1ccc(C(=O)Nc2ccc3[nH]ncc3c2)cc1. The van der Waals surface area contributed by atoms with Crippen LogP contribution in [-0.4, -0.2) is 20.7 Å². The second-order valence-electron chi connectivity index (χ2n) is 6.12. The van der Waals surface area contributed by atoms with E-state index in [9.17, 15) is 4.79 Å². The van der Waals surface area contributed by atoms with E-state index < -0.39 is 0 Å². The zero-order valence-corrected chi connectivity index (χ0v) is 14.1. The molecule has 2 aromatic heterocycles. The van der Waals surface area contributed by atoms with Gasteiger partial charge in [0.1, 0.15) is 0 Å². The number of benzene rings is 2. The number of nitrogens with zero attached hydrogens (tertiary/aromatic N) is 2. The van der Waals surface area contributed by atoms with Crippen LogP contribution in [0.15, 0.2) is 60.8 Å². The van der Waals surface area contributed by atoms with Crippen LogP contribution in [0.25, 0.3) is 16.6 Å². The molecule has 0 aliphatic rings. The highest BCUT2D eigenvalue weighted by Crippen LogP contribution is 2.19. The molecule has 0 unspecified atom stereocenters. The monoisotopic (exact) mass is 330 g/mol. The average molecular weight is 330 g/mol. The van der Waals surface area contributed by atoms with Gasteiger partial charge < -0.3 is 9.88 Å². The smallest absolute Gasteiger partial charge is 0.255 e. The topological polar surface area (TPSA) is 62.7 Å². The average Bonchev–Trinajstić information content (AvgIpc) is 3.21. The Kier molecular flexibility index (Phi) is 3.61. The summed E-state index contributed by atoms with van der Waals surface area (Å²) in [6, 6.07) is 17.5. The minimum absolute atomic E-state index is 0.129. The fraction of sp³-hybridized carbons (Fsp3) is 0.100. The Bertz CT molecular complexity index is 1040. The molecule has 0 fully saturated rings. The van der Waals surface area contributed by atoms with Crippen LogP contribution in [-0.2, 0) is 0 Å². The van der Waals surface area contributed by atoms with Crippen LogP contribution in [0.1, 0.15) is 21.7 Å². The second kappa shape index (κ2) is 5.94. The van der Waals surface area contributed by atoms with Gasteiger partial charge in [-0.1, -0.05) is 0 Å². The largest absolute Gasteiger partial charge is 0.322 e. The Hall–Kier alpha value is -3.34. The Balaban J connectivity index is 1.56. The highest BCUT2D eigenvalue weighted by molar-refractivity contribution is 6.05. The number of amides is 1. The number of carbonyl (C=O) groups is 1. The number of aryl methyl sites for hydroxylation is 2. The summed E-state index contributed by atoms with van der Waals surface area (Å²) in [5.41, 5.74) is 5.71. The number of nitrogens with one attached hydrogen (secondary N) is 2. The van der Waals surface area contributed by atoms with Gasteiger partial charge in [0.15, 0.2) is 0 Å². The number of H-pyrrole nitrogens is 1. The number of rotatable bonds is 3. The molecule has 0 spiro atoms. The zero-order valence-electron chi connectivity index (χ0n) is 14.1. The highest BCUT2D eigenvalue weighted by Gasteiger charge is 2.09. The van der Waals surface area contributed by atoms with Crippen molar-refractivity contribution >= 4 is 22.5 Å². The lowest BCUT2D eigenvalue weighted by Gasteiger charge is -2.10. The van der Waals surface area contributed by atoms with Crippen LogP contribution in [0.3, 0.4) is 0 Å². The minimum Gasteiger partial charge on any atom is -0.322 e. The molecule has 0 aliphatic carbocycles. The van der Waals surface area contributed by atoms with Crippen LogP contribution in [0.5, 0.6) is 0 Å². The molecule has 0 saturated heterocycles. The summed E-state index contributed by atoms with van der Waals surface area (Å²) in [6.07, 6.45) is 1.74. The number of anilines is 1. The first kappa shape index (κ1) is 15.2. The molecule has 2 aromatic carbocycles. The first-order valence-electron chi connectivity index (χ1n) is 8.12. The van der Waals surface area contributed by atoms with Gasteiger partial charge in [-0.25, -0.2) is 0 Å². The highest BCUT2D eigenvalue weighted by atomic mass is 16.1. The van der Waals surface area contributed by atoms with Crippen molar-refractivity contribution in [2.24, 2.45) is 0 Å². The Labute approximate surface area is 145 Å². The van der Waals surface area contributed by atoms with Crippen LogP contribution in [0, 0.1) is 13.8 Å². The standard InChI is InChI=1S/C20H18N4O/c1-13-3-4-14(2)24(13)18-8-5-15(6-9-18)20(25)22-17-7-10-19-16(11-17)12-21-23-19/h3-12H,1-2H3,(H,21,23)(H,22,25). The molecule has 2 N–H and O–H groups in total. The second-order valence-corrected chi connectivity index (χ2v) is 6.12. The summed E-state index contributed by atoms with van der Waals surface area (Å²) in [5, 5.41) is 10.8. The van der Waals surface area contributed by atoms with Crippen molar-refractivity contribution in [3.63, 3.8) is 0 Å². The van der Waals surface area contributed by atoms with E-state index in [1.807, 2.05) is 42.5 Å². The van der Waals surface area contributed by atoms with Gasteiger partial charge in [0, 0.05) is 33.7 Å². The number of aromatic nitrogens is 3. The van der Waals surface area contributed by atoms with Gasteiger partial charge in [-0.05, 0) is 68.4 Å². The first-order chi connectivity index (χ1) is 12.1. The Morgan fingerprint density at radius 3 is 2.44 bits per heavy atom. The summed E-state index contributed by atoms with van der Waals surface area (Å²) < 4.78 is 2.16. The van der Waals surface area contributed by atoms with Gasteiger partial charge in [-0.3, -0.25) is 9.89 Å². The summed E-state index contributed by atoms with van der Waals surface area (Å²) in [7, 11) is 0. The maximum absolute atomic E-state index is 12.5. The summed E-state index contributed by atoms with van der Waals surface area (Å²) in [6.45, 7) is 4.14. The van der Waals surface area contributed by atoms with E-state index in [2.05, 4.69) is 46.1 Å². The lowest BCUT2D eigenvalue weighted by atomic mass is 10.1. The summed E-state index contributed by atoms with van der Waals surface area (Å²) in [5.74, 6) is -0.129. The van der Waals surface area contributed by atoms with Crippen LogP contribution in [0.4, 0.5) is 5.69 Å². The normalized spacial score (nSPS) is 11.0. The number of hydrogen-bond acceptors (Lipinski definition) is 2. The third-order valence-electron chi connectivity index (χ3n) is 4.36. The molecule has 4 rings (SSSR count). The predicted molar refractivity (Wildman–Crippen MR) is 99.3 cm³/mol. The van der Waals surface area contributed by atoms with Crippen LogP contribution < -0.4 is 5.32 Å². The third-order valence-corrected chi connectivity index (χ3v) is 4.36. The summed E-state index contributed by atoms with van der Waals surface area (Å²) >= 11 is 0.